The highest BCUT2D eigenvalue weighted by atomic mass is 79.9. The van der Waals surface area contributed by atoms with Gasteiger partial charge < -0.3 is 0 Å². The van der Waals surface area contributed by atoms with Crippen LogP contribution >= 0.6 is 15.9 Å². The molecule has 68 valence electrons. The predicted octanol–water partition coefficient (Wildman–Crippen LogP) is 3.63. The molecule has 12 heavy (non-hydrogen) atoms. The van der Waals surface area contributed by atoms with E-state index in [1.165, 1.54) is 38.5 Å². The van der Waals surface area contributed by atoms with Crippen LogP contribution in [0.15, 0.2) is 0 Å². The lowest BCUT2D eigenvalue weighted by Gasteiger charge is -2.29. The molecule has 1 fully saturated rings. The molecule has 1 aliphatic carbocycles. The molecule has 0 radical (unpaired) electrons. The van der Waals surface area contributed by atoms with E-state index in [1.807, 2.05) is 0 Å². The Morgan fingerprint density at radius 3 is 2.17 bits per heavy atom. The minimum Gasteiger partial charge on any atom is -0.197 e. The van der Waals surface area contributed by atoms with Gasteiger partial charge in [0, 0.05) is 0 Å². The van der Waals surface area contributed by atoms with Crippen LogP contribution in [0.3, 0.4) is 0 Å². The Morgan fingerprint density at radius 1 is 1.25 bits per heavy atom. The van der Waals surface area contributed by atoms with Gasteiger partial charge in [-0.3, -0.25) is 0 Å². The Hall–Kier alpha value is -0.0300. The predicted molar refractivity (Wildman–Crippen MR) is 54.1 cm³/mol. The van der Waals surface area contributed by atoms with Crippen LogP contribution in [0.1, 0.15) is 45.4 Å². The fourth-order valence-corrected chi connectivity index (χ4v) is 2.40. The third-order valence-electron chi connectivity index (χ3n) is 2.97. The van der Waals surface area contributed by atoms with Gasteiger partial charge in [-0.15, -0.1) is 0 Å². The van der Waals surface area contributed by atoms with Crippen molar-refractivity contribution < 1.29 is 0 Å². The van der Waals surface area contributed by atoms with Crippen LogP contribution < -0.4 is 0 Å². The molecule has 0 aromatic rings. The van der Waals surface area contributed by atoms with E-state index in [1.54, 1.807) is 0 Å². The van der Waals surface area contributed by atoms with Crippen molar-refractivity contribution in [2.75, 3.05) is 0 Å². The van der Waals surface area contributed by atoms with Crippen LogP contribution in [-0.2, 0) is 0 Å². The van der Waals surface area contributed by atoms with Crippen LogP contribution in [-0.4, -0.2) is 4.83 Å². The molecule has 1 aliphatic rings. The summed E-state index contributed by atoms with van der Waals surface area (Å²) in [6, 6.07) is 2.32. The highest BCUT2D eigenvalue weighted by Crippen LogP contribution is 2.40. The number of alkyl halides is 1. The smallest absolute Gasteiger partial charge is 0.107 e. The van der Waals surface area contributed by atoms with Crippen LogP contribution in [0.2, 0.25) is 0 Å². The van der Waals surface area contributed by atoms with Crippen LogP contribution in [0.4, 0.5) is 0 Å². The van der Waals surface area contributed by atoms with Crippen molar-refractivity contribution in [3.8, 4) is 6.07 Å². The van der Waals surface area contributed by atoms with E-state index in [2.05, 4.69) is 28.9 Å². The zero-order valence-electron chi connectivity index (χ0n) is 7.65. The van der Waals surface area contributed by atoms with Gasteiger partial charge in [-0.1, -0.05) is 48.5 Å². The largest absolute Gasteiger partial charge is 0.197 e. The quantitative estimate of drug-likeness (QED) is 0.498. The topological polar surface area (TPSA) is 23.8 Å². The molecule has 1 unspecified atom stereocenters. The summed E-state index contributed by atoms with van der Waals surface area (Å²) < 4.78 is 0. The molecule has 1 atom stereocenters. The van der Waals surface area contributed by atoms with Crippen molar-refractivity contribution in [3.63, 3.8) is 0 Å². The normalized spacial score (nSPS) is 25.4. The molecule has 0 amide bonds. The van der Waals surface area contributed by atoms with Gasteiger partial charge in [-0.2, -0.15) is 5.26 Å². The first-order chi connectivity index (χ1) is 5.69. The van der Waals surface area contributed by atoms with E-state index in [0.717, 1.165) is 0 Å². The lowest BCUT2D eigenvalue weighted by molar-refractivity contribution is 0.297. The summed E-state index contributed by atoms with van der Waals surface area (Å²) in [5.41, 5.74) is 0.227. The Labute approximate surface area is 83.3 Å². The monoisotopic (exact) mass is 229 g/mol. The summed E-state index contributed by atoms with van der Waals surface area (Å²) in [4.78, 5) is 0.0445. The molecule has 0 bridgehead atoms. The number of nitrogens with zero attached hydrogens (tertiary/aromatic N) is 1. The molecule has 0 heterocycles. The Morgan fingerprint density at radius 2 is 1.75 bits per heavy atom. The third kappa shape index (κ3) is 2.23. The van der Waals surface area contributed by atoms with Crippen molar-refractivity contribution in [2.45, 2.75) is 50.3 Å². The number of halogens is 1. The summed E-state index contributed by atoms with van der Waals surface area (Å²) in [5, 5.41) is 8.85. The Bertz CT molecular complexity index is 175. The molecule has 2 heteroatoms. The SMILES string of the molecule is CC1(C(Br)C#N)CCCCCC1. The van der Waals surface area contributed by atoms with Gasteiger partial charge >= 0.3 is 0 Å². The van der Waals surface area contributed by atoms with Gasteiger partial charge in [-0.05, 0) is 18.3 Å². The van der Waals surface area contributed by atoms with Gasteiger partial charge in [0.15, 0.2) is 0 Å². The highest BCUT2D eigenvalue weighted by Gasteiger charge is 2.32. The van der Waals surface area contributed by atoms with Crippen molar-refractivity contribution in [2.24, 2.45) is 5.41 Å². The molecule has 1 rings (SSSR count). The molecular formula is C10H16BrN. The van der Waals surface area contributed by atoms with E-state index in [4.69, 9.17) is 5.26 Å². The van der Waals surface area contributed by atoms with E-state index in [9.17, 15) is 0 Å². The second-order valence-corrected chi connectivity index (χ2v) is 4.98. The zero-order chi connectivity index (χ0) is 9.03. The summed E-state index contributed by atoms with van der Waals surface area (Å²) in [7, 11) is 0. The first kappa shape index (κ1) is 10.1. The second kappa shape index (κ2) is 4.28. The first-order valence-corrected chi connectivity index (χ1v) is 5.64. The molecule has 0 aromatic carbocycles. The van der Waals surface area contributed by atoms with Gasteiger partial charge in [0.2, 0.25) is 0 Å². The van der Waals surface area contributed by atoms with E-state index in [-0.39, 0.29) is 10.2 Å². The van der Waals surface area contributed by atoms with Gasteiger partial charge in [-0.25, -0.2) is 0 Å². The maximum atomic E-state index is 8.85. The maximum absolute atomic E-state index is 8.85. The Balaban J connectivity index is 2.61. The second-order valence-electron chi connectivity index (χ2n) is 4.06. The fourth-order valence-electron chi connectivity index (χ4n) is 1.95. The fraction of sp³-hybridized carbons (Fsp3) is 0.900. The molecule has 0 spiro atoms. The molecule has 1 saturated carbocycles. The van der Waals surface area contributed by atoms with Crippen LogP contribution in [0.5, 0.6) is 0 Å². The molecule has 0 aliphatic heterocycles. The van der Waals surface area contributed by atoms with E-state index < -0.39 is 0 Å². The summed E-state index contributed by atoms with van der Waals surface area (Å²) in [5.74, 6) is 0. The molecular weight excluding hydrogens is 214 g/mol. The summed E-state index contributed by atoms with van der Waals surface area (Å²) >= 11 is 3.47. The summed E-state index contributed by atoms with van der Waals surface area (Å²) in [6.45, 7) is 2.24. The van der Waals surface area contributed by atoms with Crippen molar-refractivity contribution in [3.05, 3.63) is 0 Å². The van der Waals surface area contributed by atoms with Crippen molar-refractivity contribution >= 4 is 15.9 Å². The third-order valence-corrected chi connectivity index (χ3v) is 4.28. The molecule has 0 saturated heterocycles. The lowest BCUT2D eigenvalue weighted by atomic mass is 9.80. The van der Waals surface area contributed by atoms with Gasteiger partial charge in [0.1, 0.15) is 4.83 Å². The lowest BCUT2D eigenvalue weighted by Crippen LogP contribution is -2.25. The summed E-state index contributed by atoms with van der Waals surface area (Å²) in [6.07, 6.45) is 7.69. The minimum atomic E-state index is 0.0445. The number of hydrogen-bond acceptors (Lipinski definition) is 1. The minimum absolute atomic E-state index is 0.0445. The van der Waals surface area contributed by atoms with Gasteiger partial charge in [0.05, 0.1) is 6.07 Å². The number of nitriles is 1. The van der Waals surface area contributed by atoms with E-state index >= 15 is 0 Å². The van der Waals surface area contributed by atoms with Crippen molar-refractivity contribution in [1.82, 2.24) is 0 Å². The van der Waals surface area contributed by atoms with Crippen LogP contribution in [0, 0.1) is 16.7 Å². The average molecular weight is 230 g/mol. The average Bonchev–Trinajstić information content (AvgIpc) is 2.29. The van der Waals surface area contributed by atoms with Crippen LogP contribution in [0.25, 0.3) is 0 Å². The van der Waals surface area contributed by atoms with E-state index in [0.29, 0.717) is 0 Å². The number of hydrogen-bond donors (Lipinski definition) is 0. The van der Waals surface area contributed by atoms with Gasteiger partial charge in [0.25, 0.3) is 0 Å². The highest BCUT2D eigenvalue weighted by molar-refractivity contribution is 9.09. The first-order valence-electron chi connectivity index (χ1n) is 4.73. The Kier molecular flexibility index (Phi) is 3.58. The molecule has 0 N–H and O–H groups in total. The molecule has 0 aromatic heterocycles. The zero-order valence-corrected chi connectivity index (χ0v) is 9.23. The maximum Gasteiger partial charge on any atom is 0.107 e. The molecule has 1 nitrogen and oxygen atoms in total. The number of rotatable bonds is 1. The standard InChI is InChI=1S/C10H16BrN/c1-10(9(11)8-12)6-4-2-3-5-7-10/h9H,2-7H2,1H3. The van der Waals surface area contributed by atoms with Crippen molar-refractivity contribution in [1.29, 1.82) is 5.26 Å².